The molecule has 3 aromatic rings. The largest absolute Gasteiger partial charge is 0.357 e. The zero-order valence-corrected chi connectivity index (χ0v) is 25.5. The number of rotatable bonds is 12. The molecule has 0 saturated carbocycles. The van der Waals surface area contributed by atoms with Gasteiger partial charge < -0.3 is 10.2 Å². The van der Waals surface area contributed by atoms with E-state index < -0.39 is 16.1 Å². The van der Waals surface area contributed by atoms with Crippen molar-refractivity contribution < 1.29 is 18.0 Å². The summed E-state index contributed by atoms with van der Waals surface area (Å²) in [7, 11) is -2.06. The van der Waals surface area contributed by atoms with Crippen molar-refractivity contribution in [2.45, 2.75) is 45.7 Å². The molecule has 1 unspecified atom stereocenters. The van der Waals surface area contributed by atoms with Gasteiger partial charge in [0.1, 0.15) is 6.04 Å². The Labute approximate surface area is 247 Å². The molecule has 0 aliphatic heterocycles. The SMILES string of the molecule is CNC(=O)C(Cc1ccccc1)N(Cc1c(Cl)cccc1Cl)C(=O)CCCN(c1ccc(C)c(C)c1)S(C)(=O)=O. The number of carbonyl (C=O) groups is 2. The average Bonchev–Trinajstić information content (AvgIpc) is 2.91. The molecule has 0 bridgehead atoms. The Morgan fingerprint density at radius 1 is 0.925 bits per heavy atom. The van der Waals surface area contributed by atoms with Crippen LogP contribution in [0.4, 0.5) is 5.69 Å². The molecule has 0 fully saturated rings. The minimum atomic E-state index is -3.59. The van der Waals surface area contributed by atoms with Crippen LogP contribution in [0.25, 0.3) is 0 Å². The molecule has 0 aliphatic rings. The second kappa shape index (κ2) is 14.0. The number of nitrogens with one attached hydrogen (secondary N) is 1. The number of anilines is 1. The smallest absolute Gasteiger partial charge is 0.242 e. The molecular weight excluding hydrogens is 569 g/mol. The van der Waals surface area contributed by atoms with E-state index in [1.54, 1.807) is 24.3 Å². The lowest BCUT2D eigenvalue weighted by Crippen LogP contribution is -2.50. The molecule has 3 aromatic carbocycles. The van der Waals surface area contributed by atoms with Gasteiger partial charge in [0.15, 0.2) is 0 Å². The van der Waals surface area contributed by atoms with Crippen molar-refractivity contribution in [2.24, 2.45) is 0 Å². The zero-order chi connectivity index (χ0) is 29.4. The molecule has 1 N–H and O–H groups in total. The van der Waals surface area contributed by atoms with Crippen LogP contribution in [0.1, 0.15) is 35.1 Å². The highest BCUT2D eigenvalue weighted by Crippen LogP contribution is 2.28. The van der Waals surface area contributed by atoms with Gasteiger partial charge in [0.25, 0.3) is 0 Å². The van der Waals surface area contributed by atoms with E-state index in [0.29, 0.717) is 21.3 Å². The van der Waals surface area contributed by atoms with Crippen molar-refractivity contribution in [3.05, 3.63) is 99.0 Å². The van der Waals surface area contributed by atoms with Crippen LogP contribution in [0.3, 0.4) is 0 Å². The maximum atomic E-state index is 13.8. The summed E-state index contributed by atoms with van der Waals surface area (Å²) < 4.78 is 26.6. The molecule has 0 saturated heterocycles. The molecule has 0 spiro atoms. The Balaban J connectivity index is 1.89. The number of nitrogens with zero attached hydrogens (tertiary/aromatic N) is 2. The maximum absolute atomic E-state index is 13.8. The third-order valence-electron chi connectivity index (χ3n) is 6.84. The molecule has 214 valence electrons. The molecule has 2 amide bonds. The van der Waals surface area contributed by atoms with Crippen LogP contribution in [0, 0.1) is 13.8 Å². The van der Waals surface area contributed by atoms with Crippen LogP contribution < -0.4 is 9.62 Å². The fourth-order valence-corrected chi connectivity index (χ4v) is 5.93. The van der Waals surface area contributed by atoms with Gasteiger partial charge in [0.2, 0.25) is 21.8 Å². The van der Waals surface area contributed by atoms with Gasteiger partial charge >= 0.3 is 0 Å². The van der Waals surface area contributed by atoms with Gasteiger partial charge in [-0.05, 0) is 61.2 Å². The number of likely N-dealkylation sites (N-methyl/N-ethyl adjacent to an activating group) is 1. The van der Waals surface area contributed by atoms with Crippen LogP contribution in [-0.2, 0) is 32.6 Å². The summed E-state index contributed by atoms with van der Waals surface area (Å²) in [5.74, 6) is -0.637. The Kier molecular flexibility index (Phi) is 11.0. The van der Waals surface area contributed by atoms with Crippen molar-refractivity contribution in [2.75, 3.05) is 24.2 Å². The summed E-state index contributed by atoms with van der Waals surface area (Å²) in [5, 5.41) is 3.45. The molecule has 7 nitrogen and oxygen atoms in total. The van der Waals surface area contributed by atoms with Crippen LogP contribution >= 0.6 is 23.2 Å². The predicted octanol–water partition coefficient (Wildman–Crippen LogP) is 5.54. The van der Waals surface area contributed by atoms with Crippen molar-refractivity contribution in [3.63, 3.8) is 0 Å². The van der Waals surface area contributed by atoms with E-state index in [2.05, 4.69) is 5.32 Å². The number of hydrogen-bond donors (Lipinski definition) is 1. The summed E-state index contributed by atoms with van der Waals surface area (Å²) in [6, 6.07) is 19.1. The fraction of sp³-hybridized carbons (Fsp3) is 0.333. The van der Waals surface area contributed by atoms with Gasteiger partial charge in [0, 0.05) is 48.6 Å². The second-order valence-corrected chi connectivity index (χ2v) is 12.5. The van der Waals surface area contributed by atoms with Crippen LogP contribution in [-0.4, -0.2) is 51.0 Å². The van der Waals surface area contributed by atoms with E-state index in [1.807, 2.05) is 56.3 Å². The van der Waals surface area contributed by atoms with Crippen molar-refractivity contribution in [3.8, 4) is 0 Å². The predicted molar refractivity (Wildman–Crippen MR) is 162 cm³/mol. The Morgan fingerprint density at radius 3 is 2.15 bits per heavy atom. The van der Waals surface area contributed by atoms with Crippen LogP contribution in [0.2, 0.25) is 10.0 Å². The molecule has 40 heavy (non-hydrogen) atoms. The number of sulfonamides is 1. The highest BCUT2D eigenvalue weighted by Gasteiger charge is 2.31. The summed E-state index contributed by atoms with van der Waals surface area (Å²) >= 11 is 12.9. The Hall–Kier alpha value is -3.07. The van der Waals surface area contributed by atoms with Crippen molar-refractivity contribution >= 4 is 50.7 Å². The van der Waals surface area contributed by atoms with Gasteiger partial charge in [0.05, 0.1) is 11.9 Å². The first kappa shape index (κ1) is 31.5. The molecule has 0 radical (unpaired) electrons. The number of amides is 2. The number of benzene rings is 3. The third-order valence-corrected chi connectivity index (χ3v) is 8.74. The highest BCUT2D eigenvalue weighted by molar-refractivity contribution is 7.92. The Bertz CT molecular complexity index is 1430. The number of aryl methyl sites for hydroxylation is 2. The molecule has 0 aromatic heterocycles. The van der Waals surface area contributed by atoms with Gasteiger partial charge in [-0.15, -0.1) is 0 Å². The second-order valence-electron chi connectivity index (χ2n) is 9.75. The summed E-state index contributed by atoms with van der Waals surface area (Å²) in [5.41, 5.74) is 4.00. The molecule has 0 aliphatic carbocycles. The maximum Gasteiger partial charge on any atom is 0.242 e. The first-order chi connectivity index (χ1) is 18.9. The van der Waals surface area contributed by atoms with E-state index in [0.717, 1.165) is 22.9 Å². The van der Waals surface area contributed by atoms with Gasteiger partial charge in [-0.3, -0.25) is 13.9 Å². The summed E-state index contributed by atoms with van der Waals surface area (Å²) in [4.78, 5) is 28.4. The topological polar surface area (TPSA) is 86.8 Å². The lowest BCUT2D eigenvalue weighted by atomic mass is 10.0. The summed E-state index contributed by atoms with van der Waals surface area (Å²) in [6.45, 7) is 4.01. The minimum absolute atomic E-state index is 0.0151. The van der Waals surface area contributed by atoms with E-state index in [9.17, 15) is 18.0 Å². The molecule has 3 rings (SSSR count). The van der Waals surface area contributed by atoms with Crippen molar-refractivity contribution in [1.82, 2.24) is 10.2 Å². The van der Waals surface area contributed by atoms with E-state index in [-0.39, 0.29) is 44.2 Å². The number of hydrogen-bond acceptors (Lipinski definition) is 4. The van der Waals surface area contributed by atoms with Gasteiger partial charge in [-0.2, -0.15) is 0 Å². The van der Waals surface area contributed by atoms with Gasteiger partial charge in [-0.25, -0.2) is 8.42 Å². The molecular formula is C30H35Cl2N3O4S. The van der Waals surface area contributed by atoms with Crippen LogP contribution in [0.15, 0.2) is 66.7 Å². The van der Waals surface area contributed by atoms with E-state index in [4.69, 9.17) is 23.2 Å². The normalized spacial score (nSPS) is 12.1. The van der Waals surface area contributed by atoms with E-state index in [1.165, 1.54) is 16.3 Å². The molecule has 10 heteroatoms. The zero-order valence-electron chi connectivity index (χ0n) is 23.2. The molecule has 1 atom stereocenters. The molecule has 0 heterocycles. The number of halogens is 2. The first-order valence-electron chi connectivity index (χ1n) is 12.9. The lowest BCUT2D eigenvalue weighted by molar-refractivity contribution is -0.141. The minimum Gasteiger partial charge on any atom is -0.357 e. The highest BCUT2D eigenvalue weighted by atomic mass is 35.5. The van der Waals surface area contributed by atoms with Gasteiger partial charge in [-0.1, -0.05) is 65.7 Å². The summed E-state index contributed by atoms with van der Waals surface area (Å²) in [6.07, 6.45) is 1.70. The monoisotopic (exact) mass is 603 g/mol. The number of carbonyl (C=O) groups excluding carboxylic acids is 2. The standard InChI is InChI=1S/C30H35Cl2N3O4S/c1-21-15-16-24(18-22(21)2)35(40(4,38)39)17-9-14-29(36)34(20-25-26(31)12-8-13-27(25)32)28(30(37)33-3)19-23-10-6-5-7-11-23/h5-8,10-13,15-16,18,28H,9,14,17,19-20H2,1-4H3,(H,33,37). The Morgan fingerprint density at radius 2 is 1.57 bits per heavy atom. The van der Waals surface area contributed by atoms with Crippen LogP contribution in [0.5, 0.6) is 0 Å². The average molecular weight is 605 g/mol. The van der Waals surface area contributed by atoms with Crippen molar-refractivity contribution in [1.29, 1.82) is 0 Å². The fourth-order valence-electron chi connectivity index (χ4n) is 4.46. The third kappa shape index (κ3) is 8.22. The van der Waals surface area contributed by atoms with E-state index >= 15 is 0 Å². The lowest BCUT2D eigenvalue weighted by Gasteiger charge is -2.32. The first-order valence-corrected chi connectivity index (χ1v) is 15.6. The quantitative estimate of drug-likeness (QED) is 0.294.